The molecule has 0 aliphatic carbocycles. The molecular formula is C29H36FN9. The second-order valence-electron chi connectivity index (χ2n) is 11.4. The van der Waals surface area contributed by atoms with Gasteiger partial charge in [-0.15, -0.1) is 0 Å². The van der Waals surface area contributed by atoms with Gasteiger partial charge >= 0.3 is 0 Å². The van der Waals surface area contributed by atoms with Crippen molar-refractivity contribution < 1.29 is 4.39 Å². The molecule has 39 heavy (non-hydrogen) atoms. The summed E-state index contributed by atoms with van der Waals surface area (Å²) < 4.78 is 16.7. The SMILES string of the molecule is CCN1CC2(CCN(Cc3ccc(Nc4ncc(F)c(-c5cnc6nn(C)c(C(C)C)c6c5)n4)nc3)CC2)C1. The summed E-state index contributed by atoms with van der Waals surface area (Å²) in [6.07, 6.45) is 7.24. The number of hydrogen-bond donors (Lipinski definition) is 1. The third-order valence-corrected chi connectivity index (χ3v) is 8.25. The molecule has 0 radical (unpaired) electrons. The van der Waals surface area contributed by atoms with Crippen molar-refractivity contribution in [3.8, 4) is 11.3 Å². The van der Waals surface area contributed by atoms with Crippen molar-refractivity contribution in [2.24, 2.45) is 12.5 Å². The third-order valence-electron chi connectivity index (χ3n) is 8.25. The van der Waals surface area contributed by atoms with Gasteiger partial charge in [-0.05, 0) is 61.5 Å². The van der Waals surface area contributed by atoms with Crippen LogP contribution in [0.3, 0.4) is 0 Å². The second-order valence-corrected chi connectivity index (χ2v) is 11.4. The molecule has 0 unspecified atom stereocenters. The number of likely N-dealkylation sites (tertiary alicyclic amines) is 2. The van der Waals surface area contributed by atoms with Gasteiger partial charge in [-0.25, -0.2) is 24.3 Å². The summed E-state index contributed by atoms with van der Waals surface area (Å²) in [6, 6.07) is 5.91. The Kier molecular flexibility index (Phi) is 6.76. The molecule has 4 aromatic heterocycles. The molecule has 0 atom stereocenters. The summed E-state index contributed by atoms with van der Waals surface area (Å²) in [6.45, 7) is 13.3. The zero-order valence-corrected chi connectivity index (χ0v) is 23.2. The number of hydrogen-bond acceptors (Lipinski definition) is 8. The number of nitrogens with zero attached hydrogens (tertiary/aromatic N) is 8. The molecule has 2 fully saturated rings. The number of pyridine rings is 2. The van der Waals surface area contributed by atoms with Crippen LogP contribution in [0.1, 0.15) is 50.8 Å². The van der Waals surface area contributed by atoms with E-state index in [2.05, 4.69) is 67.0 Å². The maximum absolute atomic E-state index is 14.8. The standard InChI is InChI=1S/C29H36FN9/c1-5-38-17-29(18-38)8-10-39(11-9-29)16-20-6-7-24(31-13-20)34-28-33-15-23(30)25(35-28)21-12-22-26(19(2)3)37(4)36-27(22)32-14-21/h6-7,12-15,19H,5,8-11,16-18H2,1-4H3,(H,31,33,34,35). The Hall–Kier alpha value is -3.50. The second kappa shape index (κ2) is 10.2. The van der Waals surface area contributed by atoms with Crippen molar-refractivity contribution in [2.75, 3.05) is 38.0 Å². The number of halogens is 1. The van der Waals surface area contributed by atoms with Crippen LogP contribution in [-0.2, 0) is 13.6 Å². The lowest BCUT2D eigenvalue weighted by molar-refractivity contribution is -0.0447. The third kappa shape index (κ3) is 5.10. The summed E-state index contributed by atoms with van der Waals surface area (Å²) in [7, 11) is 1.90. The fourth-order valence-corrected chi connectivity index (χ4v) is 6.13. The zero-order chi connectivity index (χ0) is 27.1. The molecule has 2 aliphatic heterocycles. The van der Waals surface area contributed by atoms with Crippen molar-refractivity contribution in [1.82, 2.24) is 39.5 Å². The molecule has 10 heteroatoms. The van der Waals surface area contributed by atoms with Crippen LogP contribution in [0.4, 0.5) is 16.2 Å². The molecule has 0 aromatic carbocycles. The average Bonchev–Trinajstić information content (AvgIpc) is 3.25. The first kappa shape index (κ1) is 25.8. The van der Waals surface area contributed by atoms with E-state index in [1.54, 1.807) is 6.20 Å². The van der Waals surface area contributed by atoms with Gasteiger partial charge in [0.15, 0.2) is 11.5 Å². The Labute approximate surface area is 228 Å². The van der Waals surface area contributed by atoms with Gasteiger partial charge in [0.1, 0.15) is 11.5 Å². The fraction of sp³-hybridized carbons (Fsp3) is 0.483. The quantitative estimate of drug-likeness (QED) is 0.367. The van der Waals surface area contributed by atoms with Crippen LogP contribution in [0.5, 0.6) is 0 Å². The monoisotopic (exact) mass is 529 g/mol. The first-order valence-corrected chi connectivity index (χ1v) is 13.8. The number of piperidine rings is 1. The van der Waals surface area contributed by atoms with E-state index in [1.165, 1.54) is 44.2 Å². The van der Waals surface area contributed by atoms with E-state index in [0.29, 0.717) is 22.4 Å². The molecule has 1 spiro atoms. The maximum atomic E-state index is 14.8. The molecule has 4 aromatic rings. The van der Waals surface area contributed by atoms with E-state index >= 15 is 0 Å². The van der Waals surface area contributed by atoms with Gasteiger partial charge < -0.3 is 10.2 Å². The van der Waals surface area contributed by atoms with E-state index in [4.69, 9.17) is 0 Å². The minimum atomic E-state index is -0.507. The Morgan fingerprint density at radius 1 is 1.03 bits per heavy atom. The van der Waals surface area contributed by atoms with Crippen molar-refractivity contribution in [3.63, 3.8) is 0 Å². The summed E-state index contributed by atoms with van der Waals surface area (Å²) in [5.41, 5.74) is 4.19. The van der Waals surface area contributed by atoms with Gasteiger partial charge in [-0.2, -0.15) is 5.10 Å². The van der Waals surface area contributed by atoms with Crippen molar-refractivity contribution >= 4 is 22.8 Å². The van der Waals surface area contributed by atoms with Crippen LogP contribution in [-0.4, -0.2) is 72.2 Å². The van der Waals surface area contributed by atoms with Crippen molar-refractivity contribution in [3.05, 3.63) is 53.9 Å². The van der Waals surface area contributed by atoms with Crippen LogP contribution in [0.25, 0.3) is 22.3 Å². The number of rotatable bonds is 7. The van der Waals surface area contributed by atoms with Gasteiger partial charge in [0, 0.05) is 50.0 Å². The lowest BCUT2D eigenvalue weighted by Gasteiger charge is -2.54. The lowest BCUT2D eigenvalue weighted by Crippen LogP contribution is -2.59. The van der Waals surface area contributed by atoms with E-state index in [0.717, 1.165) is 30.7 Å². The normalized spacial score (nSPS) is 17.7. The van der Waals surface area contributed by atoms with Crippen molar-refractivity contribution in [2.45, 2.75) is 46.1 Å². The highest BCUT2D eigenvalue weighted by molar-refractivity contribution is 5.83. The van der Waals surface area contributed by atoms with E-state index in [1.807, 2.05) is 30.1 Å². The first-order chi connectivity index (χ1) is 18.8. The predicted molar refractivity (Wildman–Crippen MR) is 150 cm³/mol. The minimum Gasteiger partial charge on any atom is -0.309 e. The molecule has 0 saturated carbocycles. The van der Waals surface area contributed by atoms with Gasteiger partial charge in [-0.1, -0.05) is 26.8 Å². The highest BCUT2D eigenvalue weighted by Gasteiger charge is 2.43. The Balaban J connectivity index is 1.13. The maximum Gasteiger partial charge on any atom is 0.229 e. The molecule has 6 rings (SSSR count). The summed E-state index contributed by atoms with van der Waals surface area (Å²) in [4.78, 5) is 22.7. The van der Waals surface area contributed by atoms with E-state index in [-0.39, 0.29) is 17.6 Å². The molecule has 9 nitrogen and oxygen atoms in total. The molecule has 0 amide bonds. The summed E-state index contributed by atoms with van der Waals surface area (Å²) >= 11 is 0. The molecule has 204 valence electrons. The first-order valence-electron chi connectivity index (χ1n) is 13.8. The number of nitrogens with one attached hydrogen (secondary N) is 1. The number of aryl methyl sites for hydroxylation is 1. The summed E-state index contributed by atoms with van der Waals surface area (Å²) in [5, 5.41) is 8.50. The Morgan fingerprint density at radius 2 is 1.82 bits per heavy atom. The molecule has 1 N–H and O–H groups in total. The molecule has 0 bridgehead atoms. The largest absolute Gasteiger partial charge is 0.309 e. The molecule has 6 heterocycles. The summed E-state index contributed by atoms with van der Waals surface area (Å²) in [5.74, 6) is 0.642. The number of anilines is 2. The minimum absolute atomic E-state index is 0.188. The average molecular weight is 530 g/mol. The van der Waals surface area contributed by atoms with E-state index in [9.17, 15) is 4.39 Å². The van der Waals surface area contributed by atoms with Gasteiger partial charge in [-0.3, -0.25) is 9.58 Å². The highest BCUT2D eigenvalue weighted by atomic mass is 19.1. The molecular weight excluding hydrogens is 493 g/mol. The lowest BCUT2D eigenvalue weighted by atomic mass is 9.72. The Morgan fingerprint density at radius 3 is 2.51 bits per heavy atom. The topological polar surface area (TPSA) is 87.9 Å². The van der Waals surface area contributed by atoms with Crippen LogP contribution >= 0.6 is 0 Å². The van der Waals surface area contributed by atoms with Crippen LogP contribution < -0.4 is 5.32 Å². The molecule has 2 aliphatic rings. The van der Waals surface area contributed by atoms with Gasteiger partial charge in [0.05, 0.1) is 11.9 Å². The van der Waals surface area contributed by atoms with Crippen LogP contribution in [0, 0.1) is 11.2 Å². The van der Waals surface area contributed by atoms with Crippen molar-refractivity contribution in [1.29, 1.82) is 0 Å². The van der Waals surface area contributed by atoms with Gasteiger partial charge in [0.25, 0.3) is 0 Å². The highest BCUT2D eigenvalue weighted by Crippen LogP contribution is 2.40. The van der Waals surface area contributed by atoms with Gasteiger partial charge in [0.2, 0.25) is 5.95 Å². The number of aromatic nitrogens is 6. The number of fused-ring (bicyclic) bond motifs is 1. The zero-order valence-electron chi connectivity index (χ0n) is 23.2. The molecule has 2 saturated heterocycles. The van der Waals surface area contributed by atoms with E-state index < -0.39 is 5.82 Å². The van der Waals surface area contributed by atoms with Crippen LogP contribution in [0.2, 0.25) is 0 Å². The fourth-order valence-electron chi connectivity index (χ4n) is 6.13. The predicted octanol–water partition coefficient (Wildman–Crippen LogP) is 4.74. The van der Waals surface area contributed by atoms with Crippen LogP contribution in [0.15, 0.2) is 36.8 Å². The Bertz CT molecular complexity index is 1460. The smallest absolute Gasteiger partial charge is 0.229 e.